The van der Waals surface area contributed by atoms with Crippen LogP contribution < -0.4 is 4.74 Å². The number of carbonyl (C=O) groups is 2. The monoisotopic (exact) mass is 560 g/mol. The zero-order valence-electron chi connectivity index (χ0n) is 22.8. The van der Waals surface area contributed by atoms with Gasteiger partial charge in [-0.25, -0.2) is 23.2 Å². The number of nitrogens with zero attached hydrogens (tertiary/aromatic N) is 2. The number of phosphoric acid groups is 1. The molecular weight excluding hydrogens is 523 g/mol. The second-order valence-electron chi connectivity index (χ2n) is 8.88. The highest BCUT2D eigenvalue weighted by Gasteiger charge is 2.30. The summed E-state index contributed by atoms with van der Waals surface area (Å²) in [7, 11) is 1.14. The van der Waals surface area contributed by atoms with Crippen LogP contribution in [0.25, 0.3) is 10.9 Å². The second kappa shape index (κ2) is 14.9. The van der Waals surface area contributed by atoms with Gasteiger partial charge in [-0.05, 0) is 72.0 Å². The summed E-state index contributed by atoms with van der Waals surface area (Å²) in [6.07, 6.45) is -0.302. The number of phosphoric ester groups is 1. The summed E-state index contributed by atoms with van der Waals surface area (Å²) >= 11 is 0. The quantitative estimate of drug-likeness (QED) is 0.166. The Morgan fingerprint density at radius 1 is 0.947 bits per heavy atom. The highest BCUT2D eigenvalue weighted by molar-refractivity contribution is 7.48. The van der Waals surface area contributed by atoms with Crippen LogP contribution in [0, 0.1) is 0 Å². The van der Waals surface area contributed by atoms with Crippen LogP contribution in [-0.2, 0) is 50.2 Å². The average Bonchev–Trinajstić information content (AvgIpc) is 3.17. The van der Waals surface area contributed by atoms with Gasteiger partial charge in [0.15, 0.2) is 0 Å². The predicted octanol–water partition coefficient (Wildman–Crippen LogP) is 4.91. The van der Waals surface area contributed by atoms with Gasteiger partial charge >= 0.3 is 20.1 Å². The summed E-state index contributed by atoms with van der Waals surface area (Å²) in [5.41, 5.74) is 1.81. The fourth-order valence-electron chi connectivity index (χ4n) is 3.10. The molecule has 0 unspecified atom stereocenters. The fraction of sp³-hybridized carbons (Fsp3) is 0.583. The van der Waals surface area contributed by atoms with Gasteiger partial charge in [0.25, 0.3) is 0 Å². The van der Waals surface area contributed by atoms with Crippen molar-refractivity contribution in [3.05, 3.63) is 30.0 Å². The zero-order chi connectivity index (χ0) is 28.3. The van der Waals surface area contributed by atoms with Crippen LogP contribution in [0.1, 0.15) is 33.3 Å². The summed E-state index contributed by atoms with van der Waals surface area (Å²) in [5.74, 6) is 0.690. The van der Waals surface area contributed by atoms with Crippen molar-refractivity contribution in [3.63, 3.8) is 0 Å². The Morgan fingerprint density at radius 3 is 2.03 bits per heavy atom. The topological polar surface area (TPSA) is 133 Å². The minimum atomic E-state index is -4.40. The van der Waals surface area contributed by atoms with Gasteiger partial charge in [-0.1, -0.05) is 0 Å². The Kier molecular flexibility index (Phi) is 12.3. The summed E-state index contributed by atoms with van der Waals surface area (Å²) in [5, 5.41) is 0.936. The number of hydrogen-bond donors (Lipinski definition) is 0. The number of likely N-dealkylation sites (N-methyl/N-ethyl adjacent to an activating group) is 1. The molecule has 0 aliphatic rings. The van der Waals surface area contributed by atoms with Crippen LogP contribution in [-0.4, -0.2) is 75.3 Å². The Bertz CT molecular complexity index is 1070. The SMILES string of the molecule is COc1ccc2c(c1)c(CCN(C)C)cn2COP(=O)(OCOC(=O)OC(C)C)OCOC(=O)OC(C)C. The lowest BCUT2D eigenvalue weighted by Crippen LogP contribution is -2.17. The number of carbonyl (C=O) groups excluding carboxylic acids is 2. The van der Waals surface area contributed by atoms with E-state index in [9.17, 15) is 14.2 Å². The van der Waals surface area contributed by atoms with E-state index in [1.165, 1.54) is 0 Å². The van der Waals surface area contributed by atoms with E-state index in [0.29, 0.717) is 5.75 Å². The molecule has 0 fully saturated rings. The van der Waals surface area contributed by atoms with Crippen LogP contribution >= 0.6 is 7.82 Å². The van der Waals surface area contributed by atoms with Gasteiger partial charge < -0.3 is 33.2 Å². The van der Waals surface area contributed by atoms with E-state index in [2.05, 4.69) is 4.90 Å². The summed E-state index contributed by atoms with van der Waals surface area (Å²) < 4.78 is 55.3. The molecule has 1 aromatic carbocycles. The molecule has 0 saturated heterocycles. The van der Waals surface area contributed by atoms with E-state index < -0.39 is 45.9 Å². The summed E-state index contributed by atoms with van der Waals surface area (Å²) in [6.45, 7) is 5.50. The van der Waals surface area contributed by atoms with Crippen LogP contribution in [0.4, 0.5) is 9.59 Å². The minimum Gasteiger partial charge on any atom is -0.497 e. The van der Waals surface area contributed by atoms with Gasteiger partial charge in [0.05, 0.1) is 24.8 Å². The largest absolute Gasteiger partial charge is 0.510 e. The van der Waals surface area contributed by atoms with Crippen molar-refractivity contribution in [2.24, 2.45) is 0 Å². The maximum absolute atomic E-state index is 13.3. The highest BCUT2D eigenvalue weighted by Crippen LogP contribution is 2.50. The van der Waals surface area contributed by atoms with Crippen LogP contribution in [0.5, 0.6) is 5.75 Å². The van der Waals surface area contributed by atoms with Crippen LogP contribution in [0.2, 0.25) is 0 Å². The normalized spacial score (nSPS) is 11.8. The van der Waals surface area contributed by atoms with E-state index in [-0.39, 0.29) is 6.73 Å². The van der Waals surface area contributed by atoms with Crippen molar-refractivity contribution < 1.29 is 51.4 Å². The molecule has 2 rings (SSSR count). The third-order valence-electron chi connectivity index (χ3n) is 4.79. The van der Waals surface area contributed by atoms with E-state index in [1.54, 1.807) is 45.4 Å². The molecule has 214 valence electrons. The van der Waals surface area contributed by atoms with Gasteiger partial charge in [-0.3, -0.25) is 4.52 Å². The van der Waals surface area contributed by atoms with Gasteiger partial charge in [0.2, 0.25) is 13.6 Å². The molecule has 0 amide bonds. The van der Waals surface area contributed by atoms with E-state index in [4.69, 9.17) is 37.3 Å². The molecule has 13 nitrogen and oxygen atoms in total. The predicted molar refractivity (Wildman–Crippen MR) is 137 cm³/mol. The second-order valence-corrected chi connectivity index (χ2v) is 10.6. The molecular formula is C24H37N2O11P. The molecule has 38 heavy (non-hydrogen) atoms. The van der Waals surface area contributed by atoms with Crippen molar-refractivity contribution >= 4 is 31.0 Å². The molecule has 0 aliphatic carbocycles. The summed E-state index contributed by atoms with van der Waals surface area (Å²) in [6, 6.07) is 5.55. The lowest BCUT2D eigenvalue weighted by atomic mass is 10.1. The van der Waals surface area contributed by atoms with Crippen molar-refractivity contribution in [2.45, 2.75) is 53.1 Å². The Hall–Kier alpha value is -2.83. The number of ether oxygens (including phenoxy) is 5. The molecule has 2 aromatic rings. The van der Waals surface area contributed by atoms with Crippen molar-refractivity contribution in [2.75, 3.05) is 41.3 Å². The van der Waals surface area contributed by atoms with Gasteiger partial charge in [0.1, 0.15) is 12.5 Å². The minimum absolute atomic E-state index is 0.255. The van der Waals surface area contributed by atoms with E-state index in [0.717, 1.165) is 29.4 Å². The van der Waals surface area contributed by atoms with Crippen molar-refractivity contribution in [1.29, 1.82) is 0 Å². The highest BCUT2D eigenvalue weighted by atomic mass is 31.2. The fourth-order valence-corrected chi connectivity index (χ4v) is 3.96. The number of aromatic nitrogens is 1. The third-order valence-corrected chi connectivity index (χ3v) is 6.07. The Morgan fingerprint density at radius 2 is 1.53 bits per heavy atom. The van der Waals surface area contributed by atoms with Crippen molar-refractivity contribution in [3.8, 4) is 5.75 Å². The molecule has 0 radical (unpaired) electrons. The van der Waals surface area contributed by atoms with Gasteiger partial charge in [0, 0.05) is 18.1 Å². The molecule has 1 aromatic heterocycles. The first-order valence-corrected chi connectivity index (χ1v) is 13.4. The molecule has 0 saturated carbocycles. The number of methoxy groups -OCH3 is 1. The lowest BCUT2D eigenvalue weighted by Gasteiger charge is -2.18. The van der Waals surface area contributed by atoms with Crippen molar-refractivity contribution in [1.82, 2.24) is 9.47 Å². The molecule has 0 bridgehead atoms. The first-order valence-electron chi connectivity index (χ1n) is 11.9. The zero-order valence-corrected chi connectivity index (χ0v) is 23.7. The van der Waals surface area contributed by atoms with Gasteiger partial charge in [-0.15, -0.1) is 0 Å². The maximum atomic E-state index is 13.3. The molecule has 1 heterocycles. The smallest absolute Gasteiger partial charge is 0.497 e. The number of hydrogen-bond acceptors (Lipinski definition) is 12. The van der Waals surface area contributed by atoms with Crippen LogP contribution in [0.3, 0.4) is 0 Å². The molecule has 0 N–H and O–H groups in total. The van der Waals surface area contributed by atoms with E-state index in [1.807, 2.05) is 32.4 Å². The Labute approximate surface area is 222 Å². The number of benzene rings is 1. The number of rotatable bonds is 15. The first kappa shape index (κ1) is 31.4. The van der Waals surface area contributed by atoms with Gasteiger partial charge in [-0.2, -0.15) is 0 Å². The molecule has 14 heteroatoms. The standard InChI is InChI=1S/C24H37N2O11P/c1-17(2)36-23(27)31-15-34-38(29,35-16-32-24(28)37-18(3)4)33-14-26-13-19(10-11-25(5)6)21-12-20(30-7)8-9-22(21)26/h8-9,12-13,17-18H,10-11,14-16H2,1-7H3. The Balaban J connectivity index is 2.17. The lowest BCUT2D eigenvalue weighted by molar-refractivity contribution is -0.0486. The molecule has 0 aliphatic heterocycles. The third kappa shape index (κ3) is 10.5. The van der Waals surface area contributed by atoms with E-state index >= 15 is 0 Å². The summed E-state index contributed by atoms with van der Waals surface area (Å²) in [4.78, 5) is 25.3. The number of fused-ring (bicyclic) bond motifs is 1. The maximum Gasteiger partial charge on any atom is 0.510 e. The molecule has 0 atom stereocenters. The molecule has 0 spiro atoms. The van der Waals surface area contributed by atoms with Crippen LogP contribution in [0.15, 0.2) is 24.4 Å². The average molecular weight is 561 g/mol. The first-order chi connectivity index (χ1) is 17.9.